The van der Waals surface area contributed by atoms with Gasteiger partial charge in [-0.15, -0.1) is 0 Å². The molecule has 0 amide bonds. The first-order chi connectivity index (χ1) is 13.5. The summed E-state index contributed by atoms with van der Waals surface area (Å²) in [5, 5.41) is 7.19. The standard InChI is InChI=1S/C22H37N5O/c1-18-14-20(16-26(18)15-19-8-6-5-7-9-19)25-21(23-4)24-17-22(2,3)27-10-12-28-13-11-27/h5-9,18,20H,10-17H2,1-4H3,(H2,23,24,25). The summed E-state index contributed by atoms with van der Waals surface area (Å²) in [5.74, 6) is 0.903. The predicted molar refractivity (Wildman–Crippen MR) is 116 cm³/mol. The first-order valence-corrected chi connectivity index (χ1v) is 10.6. The van der Waals surface area contributed by atoms with Crippen LogP contribution in [0.15, 0.2) is 35.3 Å². The average Bonchev–Trinajstić information content (AvgIpc) is 3.05. The van der Waals surface area contributed by atoms with E-state index in [1.807, 2.05) is 7.05 Å². The molecule has 0 spiro atoms. The number of hydrogen-bond acceptors (Lipinski definition) is 4. The zero-order valence-corrected chi connectivity index (χ0v) is 17.9. The summed E-state index contributed by atoms with van der Waals surface area (Å²) in [6.45, 7) is 13.5. The van der Waals surface area contributed by atoms with Crippen molar-refractivity contribution in [3.8, 4) is 0 Å². The van der Waals surface area contributed by atoms with E-state index in [1.165, 1.54) is 5.56 Å². The highest BCUT2D eigenvalue weighted by atomic mass is 16.5. The maximum atomic E-state index is 5.49. The third-order valence-corrected chi connectivity index (χ3v) is 6.05. The summed E-state index contributed by atoms with van der Waals surface area (Å²) in [5.41, 5.74) is 1.45. The van der Waals surface area contributed by atoms with Crippen molar-refractivity contribution in [2.45, 2.75) is 51.4 Å². The van der Waals surface area contributed by atoms with E-state index in [1.54, 1.807) is 0 Å². The molecule has 3 rings (SSSR count). The topological polar surface area (TPSA) is 52.1 Å². The maximum absolute atomic E-state index is 5.49. The SMILES string of the molecule is CN=C(NCC(C)(C)N1CCOCC1)NC1CC(C)N(Cc2ccccc2)C1. The second-order valence-electron chi connectivity index (χ2n) is 8.68. The normalized spacial score (nSPS) is 25.1. The van der Waals surface area contributed by atoms with Gasteiger partial charge in [0.1, 0.15) is 0 Å². The molecule has 2 aliphatic heterocycles. The number of morpholine rings is 1. The Morgan fingerprint density at radius 3 is 2.61 bits per heavy atom. The molecule has 0 aromatic heterocycles. The molecule has 28 heavy (non-hydrogen) atoms. The Bertz CT molecular complexity index is 627. The lowest BCUT2D eigenvalue weighted by Gasteiger charge is -2.41. The summed E-state index contributed by atoms with van der Waals surface area (Å²) in [4.78, 5) is 9.52. The van der Waals surface area contributed by atoms with E-state index in [0.29, 0.717) is 12.1 Å². The van der Waals surface area contributed by atoms with Crippen molar-refractivity contribution in [2.24, 2.45) is 4.99 Å². The summed E-state index contributed by atoms with van der Waals surface area (Å²) in [7, 11) is 1.86. The summed E-state index contributed by atoms with van der Waals surface area (Å²) in [6, 6.07) is 11.7. The molecule has 6 heteroatoms. The molecule has 2 atom stereocenters. The number of guanidine groups is 1. The molecule has 2 unspecified atom stereocenters. The van der Waals surface area contributed by atoms with Crippen LogP contribution in [-0.2, 0) is 11.3 Å². The number of rotatable bonds is 6. The van der Waals surface area contributed by atoms with Crippen LogP contribution in [-0.4, -0.2) is 79.8 Å². The van der Waals surface area contributed by atoms with Gasteiger partial charge in [0.25, 0.3) is 0 Å². The summed E-state index contributed by atoms with van der Waals surface area (Å²) >= 11 is 0. The molecule has 2 heterocycles. The Kier molecular flexibility index (Phi) is 7.32. The fourth-order valence-electron chi connectivity index (χ4n) is 4.21. The van der Waals surface area contributed by atoms with Crippen LogP contribution >= 0.6 is 0 Å². The second kappa shape index (κ2) is 9.72. The van der Waals surface area contributed by atoms with E-state index >= 15 is 0 Å². The van der Waals surface area contributed by atoms with Crippen LogP contribution < -0.4 is 10.6 Å². The molecule has 156 valence electrons. The molecular weight excluding hydrogens is 350 g/mol. The third-order valence-electron chi connectivity index (χ3n) is 6.05. The quantitative estimate of drug-likeness (QED) is 0.577. The van der Waals surface area contributed by atoms with Gasteiger partial charge in [-0.3, -0.25) is 14.8 Å². The van der Waals surface area contributed by atoms with Crippen LogP contribution in [0.3, 0.4) is 0 Å². The monoisotopic (exact) mass is 387 g/mol. The first-order valence-electron chi connectivity index (χ1n) is 10.6. The van der Waals surface area contributed by atoms with Crippen LogP contribution in [0.5, 0.6) is 0 Å². The second-order valence-corrected chi connectivity index (χ2v) is 8.68. The van der Waals surface area contributed by atoms with Crippen molar-refractivity contribution in [1.82, 2.24) is 20.4 Å². The lowest BCUT2D eigenvalue weighted by molar-refractivity contribution is -0.00834. The minimum Gasteiger partial charge on any atom is -0.379 e. The van der Waals surface area contributed by atoms with Crippen molar-refractivity contribution >= 4 is 5.96 Å². The Balaban J connectivity index is 1.48. The zero-order chi connectivity index (χ0) is 20.0. The molecule has 0 saturated carbocycles. The summed E-state index contributed by atoms with van der Waals surface area (Å²) in [6.07, 6.45) is 1.14. The fourth-order valence-corrected chi connectivity index (χ4v) is 4.21. The molecule has 1 aromatic rings. The van der Waals surface area contributed by atoms with Gasteiger partial charge in [-0.05, 0) is 32.8 Å². The van der Waals surface area contributed by atoms with E-state index in [9.17, 15) is 0 Å². The Morgan fingerprint density at radius 2 is 1.93 bits per heavy atom. The fraction of sp³-hybridized carbons (Fsp3) is 0.682. The van der Waals surface area contributed by atoms with E-state index in [0.717, 1.165) is 58.3 Å². The van der Waals surface area contributed by atoms with Crippen LogP contribution in [0.1, 0.15) is 32.8 Å². The van der Waals surface area contributed by atoms with Crippen molar-refractivity contribution in [3.63, 3.8) is 0 Å². The van der Waals surface area contributed by atoms with Gasteiger partial charge >= 0.3 is 0 Å². The van der Waals surface area contributed by atoms with Gasteiger partial charge in [0.2, 0.25) is 0 Å². The molecule has 0 bridgehead atoms. The van der Waals surface area contributed by atoms with E-state index in [-0.39, 0.29) is 5.54 Å². The van der Waals surface area contributed by atoms with E-state index in [2.05, 4.69) is 76.5 Å². The third kappa shape index (κ3) is 5.69. The highest BCUT2D eigenvalue weighted by Crippen LogP contribution is 2.20. The Labute approximate surface area is 170 Å². The van der Waals surface area contributed by atoms with Crippen LogP contribution in [0.4, 0.5) is 0 Å². The number of aliphatic imine (C=N–C) groups is 1. The average molecular weight is 388 g/mol. The number of nitrogens with zero attached hydrogens (tertiary/aromatic N) is 3. The number of nitrogens with one attached hydrogen (secondary N) is 2. The van der Waals surface area contributed by atoms with Crippen LogP contribution in [0, 0.1) is 0 Å². The predicted octanol–water partition coefficient (Wildman–Crippen LogP) is 1.93. The van der Waals surface area contributed by atoms with Gasteiger partial charge in [0.05, 0.1) is 13.2 Å². The molecule has 2 fully saturated rings. The maximum Gasteiger partial charge on any atom is 0.191 e. The van der Waals surface area contributed by atoms with Crippen molar-refractivity contribution in [3.05, 3.63) is 35.9 Å². The minimum atomic E-state index is 0.0731. The highest BCUT2D eigenvalue weighted by molar-refractivity contribution is 5.80. The number of ether oxygens (including phenoxy) is 1. The zero-order valence-electron chi connectivity index (χ0n) is 17.9. The van der Waals surface area contributed by atoms with E-state index in [4.69, 9.17) is 4.74 Å². The molecule has 2 N–H and O–H groups in total. The molecule has 6 nitrogen and oxygen atoms in total. The summed E-state index contributed by atoms with van der Waals surface area (Å²) < 4.78 is 5.49. The van der Waals surface area contributed by atoms with Gasteiger partial charge in [-0.2, -0.15) is 0 Å². The van der Waals surface area contributed by atoms with Gasteiger partial charge in [0, 0.05) is 57.4 Å². The number of likely N-dealkylation sites (tertiary alicyclic amines) is 1. The van der Waals surface area contributed by atoms with Gasteiger partial charge < -0.3 is 15.4 Å². The Hall–Kier alpha value is -1.63. The number of benzene rings is 1. The van der Waals surface area contributed by atoms with Crippen LogP contribution in [0.2, 0.25) is 0 Å². The molecule has 1 aromatic carbocycles. The lowest BCUT2D eigenvalue weighted by Crippen LogP contribution is -2.57. The smallest absolute Gasteiger partial charge is 0.191 e. The largest absolute Gasteiger partial charge is 0.379 e. The van der Waals surface area contributed by atoms with Gasteiger partial charge in [-0.1, -0.05) is 30.3 Å². The van der Waals surface area contributed by atoms with Gasteiger partial charge in [0.15, 0.2) is 5.96 Å². The minimum absolute atomic E-state index is 0.0731. The Morgan fingerprint density at radius 1 is 1.21 bits per heavy atom. The lowest BCUT2D eigenvalue weighted by atomic mass is 10.0. The molecule has 0 aliphatic carbocycles. The first kappa shape index (κ1) is 21.1. The highest BCUT2D eigenvalue weighted by Gasteiger charge is 2.31. The van der Waals surface area contributed by atoms with Crippen molar-refractivity contribution < 1.29 is 4.74 Å². The van der Waals surface area contributed by atoms with E-state index < -0.39 is 0 Å². The van der Waals surface area contributed by atoms with Crippen molar-refractivity contribution in [1.29, 1.82) is 0 Å². The molecule has 0 radical (unpaired) electrons. The van der Waals surface area contributed by atoms with Gasteiger partial charge in [-0.25, -0.2) is 0 Å². The van der Waals surface area contributed by atoms with Crippen molar-refractivity contribution in [2.75, 3.05) is 46.4 Å². The molecule has 2 aliphatic rings. The van der Waals surface area contributed by atoms with Crippen LogP contribution in [0.25, 0.3) is 0 Å². The molecular formula is C22H37N5O. The number of hydrogen-bond donors (Lipinski definition) is 2. The molecule has 2 saturated heterocycles.